The van der Waals surface area contributed by atoms with E-state index < -0.39 is 22.0 Å². The zero-order valence-electron chi connectivity index (χ0n) is 11.3. The second-order valence-electron chi connectivity index (χ2n) is 5.26. The molecular weight excluding hydrogens is 284 g/mol. The molecule has 0 aromatic carbocycles. The average Bonchev–Trinajstić information content (AvgIpc) is 2.75. The number of amides is 1. The van der Waals surface area contributed by atoms with Crippen molar-refractivity contribution in [3.05, 3.63) is 0 Å². The minimum Gasteiger partial charge on any atom is -0.480 e. The van der Waals surface area contributed by atoms with Gasteiger partial charge in [-0.05, 0) is 25.7 Å². The van der Waals surface area contributed by atoms with E-state index >= 15 is 0 Å². The molecule has 1 atom stereocenters. The highest BCUT2D eigenvalue weighted by Crippen LogP contribution is 2.19. The molecule has 114 valence electrons. The molecule has 0 radical (unpaired) electrons. The molecule has 0 spiro atoms. The third kappa shape index (κ3) is 3.29. The van der Waals surface area contributed by atoms with Gasteiger partial charge in [-0.2, -0.15) is 0 Å². The Bertz CT molecular complexity index is 490. The molecule has 2 aliphatic rings. The van der Waals surface area contributed by atoms with Gasteiger partial charge >= 0.3 is 5.97 Å². The Balaban J connectivity index is 1.92. The normalized spacial score (nSPS) is 26.6. The summed E-state index contributed by atoms with van der Waals surface area (Å²) in [5, 5.41) is 9.12. The van der Waals surface area contributed by atoms with Crippen LogP contribution >= 0.6 is 0 Å². The first-order valence-corrected chi connectivity index (χ1v) is 8.53. The molecule has 0 aliphatic carbocycles. The summed E-state index contributed by atoms with van der Waals surface area (Å²) >= 11 is 0. The number of hydrogen-bond donors (Lipinski definition) is 1. The molecule has 2 fully saturated rings. The molecule has 0 unspecified atom stereocenters. The quantitative estimate of drug-likeness (QED) is 0.781. The summed E-state index contributed by atoms with van der Waals surface area (Å²) in [6, 6.07) is -0.758. The van der Waals surface area contributed by atoms with Gasteiger partial charge in [0.25, 0.3) is 0 Å². The summed E-state index contributed by atoms with van der Waals surface area (Å²) < 4.78 is 24.6. The fourth-order valence-electron chi connectivity index (χ4n) is 2.79. The predicted molar refractivity (Wildman–Crippen MR) is 71.6 cm³/mol. The van der Waals surface area contributed by atoms with Gasteiger partial charge in [0, 0.05) is 26.1 Å². The van der Waals surface area contributed by atoms with Crippen molar-refractivity contribution in [3.8, 4) is 0 Å². The van der Waals surface area contributed by atoms with Crippen molar-refractivity contribution in [1.29, 1.82) is 0 Å². The maximum Gasteiger partial charge on any atom is 0.326 e. The lowest BCUT2D eigenvalue weighted by Crippen LogP contribution is -2.48. The van der Waals surface area contributed by atoms with Gasteiger partial charge in [0.1, 0.15) is 6.04 Å². The van der Waals surface area contributed by atoms with Crippen LogP contribution in [-0.4, -0.2) is 66.0 Å². The molecular formula is C12H20N2O5S. The summed E-state index contributed by atoms with van der Waals surface area (Å²) in [6.07, 6.45) is 2.74. The average molecular weight is 304 g/mol. The summed E-state index contributed by atoms with van der Waals surface area (Å²) in [7, 11) is -3.20. The Kier molecular flexibility index (Phi) is 4.64. The predicted octanol–water partition coefficient (Wildman–Crippen LogP) is -0.122. The van der Waals surface area contributed by atoms with E-state index in [2.05, 4.69) is 0 Å². The number of likely N-dealkylation sites (tertiary alicyclic amines) is 1. The van der Waals surface area contributed by atoms with Crippen LogP contribution in [0.25, 0.3) is 0 Å². The van der Waals surface area contributed by atoms with Gasteiger partial charge in [-0.25, -0.2) is 17.5 Å². The second kappa shape index (κ2) is 6.09. The van der Waals surface area contributed by atoms with Gasteiger partial charge < -0.3 is 10.0 Å². The van der Waals surface area contributed by atoms with Crippen LogP contribution in [0.4, 0.5) is 0 Å². The van der Waals surface area contributed by atoms with E-state index in [1.165, 1.54) is 9.21 Å². The highest BCUT2D eigenvalue weighted by atomic mass is 32.2. The lowest BCUT2D eigenvalue weighted by molar-refractivity contribution is -0.152. The van der Waals surface area contributed by atoms with Crippen molar-refractivity contribution < 1.29 is 23.1 Å². The van der Waals surface area contributed by atoms with Crippen LogP contribution in [0.1, 0.15) is 32.1 Å². The van der Waals surface area contributed by atoms with Crippen LogP contribution in [0, 0.1) is 0 Å². The zero-order valence-corrected chi connectivity index (χ0v) is 12.1. The Labute approximate surface area is 118 Å². The lowest BCUT2D eigenvalue weighted by atomic mass is 10.0. The molecule has 2 heterocycles. The third-order valence-corrected chi connectivity index (χ3v) is 5.84. The fraction of sp³-hybridized carbons (Fsp3) is 0.833. The van der Waals surface area contributed by atoms with E-state index in [0.29, 0.717) is 25.9 Å². The van der Waals surface area contributed by atoms with E-state index in [0.717, 1.165) is 12.8 Å². The molecule has 0 aromatic rings. The van der Waals surface area contributed by atoms with E-state index in [4.69, 9.17) is 5.11 Å². The van der Waals surface area contributed by atoms with E-state index in [9.17, 15) is 18.0 Å². The van der Waals surface area contributed by atoms with Crippen molar-refractivity contribution in [2.75, 3.05) is 25.4 Å². The van der Waals surface area contributed by atoms with Crippen LogP contribution in [0.3, 0.4) is 0 Å². The van der Waals surface area contributed by atoms with Gasteiger partial charge in [0.15, 0.2) is 0 Å². The van der Waals surface area contributed by atoms with Crippen molar-refractivity contribution in [3.63, 3.8) is 0 Å². The molecule has 0 aromatic heterocycles. The van der Waals surface area contributed by atoms with Crippen molar-refractivity contribution in [2.24, 2.45) is 0 Å². The Morgan fingerprint density at radius 3 is 2.50 bits per heavy atom. The number of hydrogen-bond acceptors (Lipinski definition) is 4. The van der Waals surface area contributed by atoms with E-state index in [1.54, 1.807) is 0 Å². The molecule has 2 aliphatic heterocycles. The molecule has 0 bridgehead atoms. The minimum atomic E-state index is -3.20. The third-order valence-electron chi connectivity index (χ3n) is 3.89. The first-order valence-electron chi connectivity index (χ1n) is 6.92. The first kappa shape index (κ1) is 15.2. The van der Waals surface area contributed by atoms with Gasteiger partial charge in [0.2, 0.25) is 15.9 Å². The smallest absolute Gasteiger partial charge is 0.326 e. The van der Waals surface area contributed by atoms with E-state index in [1.807, 2.05) is 0 Å². The fourth-order valence-corrected chi connectivity index (χ4v) is 4.32. The molecule has 8 heteroatoms. The number of sulfonamides is 1. The largest absolute Gasteiger partial charge is 0.480 e. The van der Waals surface area contributed by atoms with Crippen LogP contribution in [0.15, 0.2) is 0 Å². The first-order chi connectivity index (χ1) is 9.42. The number of carbonyl (C=O) groups excluding carboxylic acids is 1. The van der Waals surface area contributed by atoms with Gasteiger partial charge in [-0.1, -0.05) is 0 Å². The van der Waals surface area contributed by atoms with E-state index in [-0.39, 0.29) is 24.6 Å². The molecule has 2 rings (SSSR count). The summed E-state index contributed by atoms with van der Waals surface area (Å²) in [5.74, 6) is -1.10. The maximum absolute atomic E-state index is 12.1. The molecule has 7 nitrogen and oxygen atoms in total. The second-order valence-corrected chi connectivity index (χ2v) is 7.34. The monoisotopic (exact) mass is 304 g/mol. The topological polar surface area (TPSA) is 95.0 Å². The number of carbonyl (C=O) groups is 2. The Hall–Kier alpha value is -1.15. The number of piperidine rings is 1. The molecule has 2 saturated heterocycles. The summed E-state index contributed by atoms with van der Waals surface area (Å²) in [5.41, 5.74) is 0. The summed E-state index contributed by atoms with van der Waals surface area (Å²) in [6.45, 7) is 1.06. The molecule has 0 saturated carbocycles. The highest BCUT2D eigenvalue weighted by Gasteiger charge is 2.33. The Morgan fingerprint density at radius 1 is 1.15 bits per heavy atom. The molecule has 1 N–H and O–H groups in total. The van der Waals surface area contributed by atoms with Gasteiger partial charge in [-0.3, -0.25) is 4.79 Å². The maximum atomic E-state index is 12.1. The van der Waals surface area contributed by atoms with Crippen LogP contribution in [0.2, 0.25) is 0 Å². The molecule has 20 heavy (non-hydrogen) atoms. The number of nitrogens with zero attached hydrogens (tertiary/aromatic N) is 2. The standard InChI is InChI=1S/C12H20N2O5S/c15-11(5-8-13-6-3-9-20(13,18)19)14-7-2-1-4-10(14)12(16)17/h10H,1-9H2,(H,16,17)/t10-/m1/s1. The number of carboxylic acid groups (broad SMARTS) is 1. The van der Waals surface area contributed by atoms with Gasteiger partial charge in [0.05, 0.1) is 5.75 Å². The molecule has 1 amide bonds. The highest BCUT2D eigenvalue weighted by molar-refractivity contribution is 7.89. The lowest BCUT2D eigenvalue weighted by Gasteiger charge is -2.33. The van der Waals surface area contributed by atoms with Crippen LogP contribution < -0.4 is 0 Å². The SMILES string of the molecule is O=C(O)[C@H]1CCCCN1C(=O)CCN1CCCS1(=O)=O. The van der Waals surface area contributed by atoms with Gasteiger partial charge in [-0.15, -0.1) is 0 Å². The number of carboxylic acids is 1. The van der Waals surface area contributed by atoms with Crippen molar-refractivity contribution >= 4 is 21.9 Å². The Morgan fingerprint density at radius 2 is 1.90 bits per heavy atom. The zero-order chi connectivity index (χ0) is 14.8. The summed E-state index contributed by atoms with van der Waals surface area (Å²) in [4.78, 5) is 24.6. The van der Waals surface area contributed by atoms with Crippen molar-refractivity contribution in [2.45, 2.75) is 38.1 Å². The minimum absolute atomic E-state index is 0.0585. The van der Waals surface area contributed by atoms with Crippen molar-refractivity contribution in [1.82, 2.24) is 9.21 Å². The number of aliphatic carboxylic acids is 1. The van der Waals surface area contributed by atoms with Crippen LogP contribution in [0.5, 0.6) is 0 Å². The van der Waals surface area contributed by atoms with Crippen LogP contribution in [-0.2, 0) is 19.6 Å². The number of rotatable bonds is 4.